The van der Waals surface area contributed by atoms with E-state index in [0.717, 1.165) is 64.9 Å². The molecule has 2 unspecified atom stereocenters. The Balaban J connectivity index is 1.72. The minimum absolute atomic E-state index is 0.256. The van der Waals surface area contributed by atoms with Crippen LogP contribution in [0, 0.1) is 17.2 Å². The molecular weight excluding hydrogens is 240 g/mol. The molecule has 1 heterocycles. The summed E-state index contributed by atoms with van der Waals surface area (Å²) in [4.78, 5) is 0. The molecule has 108 valence electrons. The summed E-state index contributed by atoms with van der Waals surface area (Å²) in [7, 11) is 0. The lowest BCUT2D eigenvalue weighted by Crippen LogP contribution is -2.42. The molecule has 0 amide bonds. The van der Waals surface area contributed by atoms with Crippen LogP contribution in [0.4, 0.5) is 0 Å². The molecule has 0 spiro atoms. The lowest BCUT2D eigenvalue weighted by Gasteiger charge is -2.25. The zero-order valence-corrected chi connectivity index (χ0v) is 12.0. The van der Waals surface area contributed by atoms with E-state index in [2.05, 4.69) is 18.3 Å². The normalized spacial score (nSPS) is 32.3. The average molecular weight is 266 g/mol. The number of rotatable bonds is 6. The number of hydrogen-bond donors (Lipinski definition) is 1. The summed E-state index contributed by atoms with van der Waals surface area (Å²) in [5.41, 5.74) is -0.337. The van der Waals surface area contributed by atoms with Gasteiger partial charge < -0.3 is 9.47 Å². The highest BCUT2D eigenvalue weighted by molar-refractivity contribution is 5.12. The van der Waals surface area contributed by atoms with Gasteiger partial charge in [0, 0.05) is 26.2 Å². The Morgan fingerprint density at radius 2 is 2.16 bits per heavy atom. The molecule has 1 saturated carbocycles. The van der Waals surface area contributed by atoms with Gasteiger partial charge in [0.2, 0.25) is 0 Å². The molecule has 0 radical (unpaired) electrons. The Hall–Kier alpha value is -0.630. The minimum atomic E-state index is -0.337. The predicted octanol–water partition coefficient (Wildman–Crippen LogP) is 2.24. The molecule has 2 aliphatic rings. The molecule has 0 bridgehead atoms. The van der Waals surface area contributed by atoms with Gasteiger partial charge in [-0.25, -0.2) is 0 Å². The van der Waals surface area contributed by atoms with Crippen molar-refractivity contribution in [3.63, 3.8) is 0 Å². The van der Waals surface area contributed by atoms with Crippen molar-refractivity contribution in [1.29, 1.82) is 5.26 Å². The molecule has 2 atom stereocenters. The van der Waals surface area contributed by atoms with Crippen molar-refractivity contribution in [2.45, 2.75) is 57.1 Å². The third kappa shape index (κ3) is 4.17. The Morgan fingerprint density at radius 1 is 1.37 bits per heavy atom. The predicted molar refractivity (Wildman–Crippen MR) is 73.8 cm³/mol. The maximum atomic E-state index is 9.39. The highest BCUT2D eigenvalue weighted by atomic mass is 16.5. The van der Waals surface area contributed by atoms with Crippen molar-refractivity contribution in [2.24, 2.45) is 5.92 Å². The summed E-state index contributed by atoms with van der Waals surface area (Å²) in [6, 6.07) is 2.47. The molecule has 4 heteroatoms. The Morgan fingerprint density at radius 3 is 2.84 bits per heavy atom. The molecule has 19 heavy (non-hydrogen) atoms. The maximum absolute atomic E-state index is 9.39. The summed E-state index contributed by atoms with van der Waals surface area (Å²) in [5.74, 6) is 0.648. The quantitative estimate of drug-likeness (QED) is 0.801. The first kappa shape index (κ1) is 14.8. The standard InChI is InChI=1S/C15H26N2O2/c1-2-7-17-15(12-16)6-3-14(10-15)19-11-13-4-8-18-9-5-13/h13-14,17H,2-11H2,1H3. The zero-order chi connectivity index (χ0) is 13.6. The van der Waals surface area contributed by atoms with E-state index in [0.29, 0.717) is 5.92 Å². The highest BCUT2D eigenvalue weighted by Crippen LogP contribution is 2.32. The second kappa shape index (κ2) is 7.23. The summed E-state index contributed by atoms with van der Waals surface area (Å²) in [6.07, 6.45) is 6.32. The summed E-state index contributed by atoms with van der Waals surface area (Å²) >= 11 is 0. The van der Waals surface area contributed by atoms with Crippen molar-refractivity contribution >= 4 is 0 Å². The van der Waals surface area contributed by atoms with Gasteiger partial charge in [-0.05, 0) is 44.6 Å². The van der Waals surface area contributed by atoms with E-state index in [-0.39, 0.29) is 11.6 Å². The Bertz CT molecular complexity index is 310. The van der Waals surface area contributed by atoms with Crippen LogP contribution in [0.15, 0.2) is 0 Å². The molecule has 1 aliphatic carbocycles. The van der Waals surface area contributed by atoms with Gasteiger partial charge >= 0.3 is 0 Å². The second-order valence-electron chi connectivity index (χ2n) is 5.87. The fraction of sp³-hybridized carbons (Fsp3) is 0.933. The van der Waals surface area contributed by atoms with Gasteiger partial charge in [0.05, 0.1) is 12.2 Å². The van der Waals surface area contributed by atoms with Crippen LogP contribution in [0.3, 0.4) is 0 Å². The molecule has 4 nitrogen and oxygen atoms in total. The second-order valence-corrected chi connectivity index (χ2v) is 5.87. The van der Waals surface area contributed by atoms with Crippen molar-refractivity contribution in [1.82, 2.24) is 5.32 Å². The number of hydrogen-bond acceptors (Lipinski definition) is 4. The number of ether oxygens (including phenoxy) is 2. The van der Waals surface area contributed by atoms with Crippen LogP contribution < -0.4 is 5.32 Å². The average Bonchev–Trinajstić information content (AvgIpc) is 2.88. The van der Waals surface area contributed by atoms with E-state index in [4.69, 9.17) is 9.47 Å². The third-order valence-corrected chi connectivity index (χ3v) is 4.31. The van der Waals surface area contributed by atoms with E-state index in [1.165, 1.54) is 0 Å². The van der Waals surface area contributed by atoms with Crippen molar-refractivity contribution in [3.05, 3.63) is 0 Å². The Labute approximate surface area is 116 Å². The first-order chi connectivity index (χ1) is 9.28. The van der Waals surface area contributed by atoms with Crippen LogP contribution in [-0.4, -0.2) is 38.0 Å². The fourth-order valence-corrected chi connectivity index (χ4v) is 2.99. The van der Waals surface area contributed by atoms with Gasteiger partial charge in [0.1, 0.15) is 5.54 Å². The molecular formula is C15H26N2O2. The topological polar surface area (TPSA) is 54.3 Å². The first-order valence-electron chi connectivity index (χ1n) is 7.63. The lowest BCUT2D eigenvalue weighted by molar-refractivity contribution is -0.00976. The molecule has 1 aliphatic heterocycles. The van der Waals surface area contributed by atoms with Crippen LogP contribution in [-0.2, 0) is 9.47 Å². The van der Waals surface area contributed by atoms with E-state index < -0.39 is 0 Å². The van der Waals surface area contributed by atoms with Crippen molar-refractivity contribution in [2.75, 3.05) is 26.4 Å². The first-order valence-corrected chi connectivity index (χ1v) is 7.63. The molecule has 0 aromatic heterocycles. The zero-order valence-electron chi connectivity index (χ0n) is 12.0. The van der Waals surface area contributed by atoms with Crippen LogP contribution in [0.1, 0.15) is 45.4 Å². The number of nitrogens with zero attached hydrogens (tertiary/aromatic N) is 1. The smallest absolute Gasteiger partial charge is 0.109 e. The molecule has 0 aromatic carbocycles. The molecule has 1 saturated heterocycles. The summed E-state index contributed by atoms with van der Waals surface area (Å²) < 4.78 is 11.4. The largest absolute Gasteiger partial charge is 0.381 e. The van der Waals surface area contributed by atoms with Gasteiger partial charge in [-0.1, -0.05) is 6.92 Å². The minimum Gasteiger partial charge on any atom is -0.381 e. The van der Waals surface area contributed by atoms with Gasteiger partial charge in [-0.15, -0.1) is 0 Å². The van der Waals surface area contributed by atoms with E-state index in [9.17, 15) is 5.26 Å². The number of nitrogens with one attached hydrogen (secondary N) is 1. The van der Waals surface area contributed by atoms with Gasteiger partial charge in [-0.3, -0.25) is 5.32 Å². The SMILES string of the molecule is CCCNC1(C#N)CCC(OCC2CCOCC2)C1. The summed E-state index contributed by atoms with van der Waals surface area (Å²) in [5, 5.41) is 12.8. The monoisotopic (exact) mass is 266 g/mol. The third-order valence-electron chi connectivity index (χ3n) is 4.31. The van der Waals surface area contributed by atoms with Crippen LogP contribution in [0.25, 0.3) is 0 Å². The van der Waals surface area contributed by atoms with Crippen molar-refractivity contribution in [3.8, 4) is 6.07 Å². The van der Waals surface area contributed by atoms with Crippen LogP contribution in [0.5, 0.6) is 0 Å². The molecule has 0 aromatic rings. The molecule has 2 rings (SSSR count). The fourth-order valence-electron chi connectivity index (χ4n) is 2.99. The number of nitriles is 1. The Kier molecular flexibility index (Phi) is 5.62. The van der Waals surface area contributed by atoms with E-state index in [1.807, 2.05) is 0 Å². The van der Waals surface area contributed by atoms with E-state index >= 15 is 0 Å². The van der Waals surface area contributed by atoms with Gasteiger partial charge in [-0.2, -0.15) is 5.26 Å². The lowest BCUT2D eigenvalue weighted by atomic mass is 9.99. The molecule has 1 N–H and O–H groups in total. The maximum Gasteiger partial charge on any atom is 0.109 e. The van der Waals surface area contributed by atoms with Gasteiger partial charge in [0.15, 0.2) is 0 Å². The highest BCUT2D eigenvalue weighted by Gasteiger charge is 2.39. The van der Waals surface area contributed by atoms with Crippen molar-refractivity contribution < 1.29 is 9.47 Å². The summed E-state index contributed by atoms with van der Waals surface area (Å²) in [6.45, 7) is 5.63. The van der Waals surface area contributed by atoms with Crippen LogP contribution in [0.2, 0.25) is 0 Å². The molecule has 2 fully saturated rings. The van der Waals surface area contributed by atoms with Gasteiger partial charge in [0.25, 0.3) is 0 Å². The van der Waals surface area contributed by atoms with Crippen LogP contribution >= 0.6 is 0 Å². The van der Waals surface area contributed by atoms with E-state index in [1.54, 1.807) is 0 Å².